The molecular formula is C21H19ClO4. The van der Waals surface area contributed by atoms with E-state index in [1.807, 2.05) is 26.8 Å². The quantitative estimate of drug-likeness (QED) is 0.454. The second-order valence-electron chi connectivity index (χ2n) is 7.33. The van der Waals surface area contributed by atoms with E-state index < -0.39 is 0 Å². The topological polar surface area (TPSA) is 56.5 Å². The van der Waals surface area contributed by atoms with Crippen molar-refractivity contribution < 1.29 is 13.9 Å². The number of benzene rings is 2. The van der Waals surface area contributed by atoms with Gasteiger partial charge in [-0.25, -0.2) is 0 Å². The highest BCUT2D eigenvalue weighted by molar-refractivity contribution is 6.33. The van der Waals surface area contributed by atoms with Crippen LogP contribution in [0.3, 0.4) is 0 Å². The number of ether oxygens (including phenoxy) is 1. The zero-order chi connectivity index (χ0) is 18.9. The molecule has 3 aromatic rings. The Bertz CT molecular complexity index is 1030. The van der Waals surface area contributed by atoms with Crippen molar-refractivity contribution in [2.45, 2.75) is 27.2 Å². The van der Waals surface area contributed by atoms with Crippen molar-refractivity contribution in [3.05, 3.63) is 64.0 Å². The molecule has 0 bridgehead atoms. The fraction of sp³-hybridized carbons (Fsp3) is 0.238. The number of carbonyl (C=O) groups excluding carboxylic acids is 1. The Morgan fingerprint density at radius 2 is 1.85 bits per heavy atom. The molecule has 26 heavy (non-hydrogen) atoms. The SMILES string of the molecule is CC(C)(C)CC(=O)Oc1ccc2c(=O)c(-c3ccccc3Cl)coc2c1. The number of hydrogen-bond acceptors (Lipinski definition) is 4. The first-order valence-corrected chi connectivity index (χ1v) is 8.63. The van der Waals surface area contributed by atoms with E-state index in [-0.39, 0.29) is 16.8 Å². The number of carbonyl (C=O) groups is 1. The summed E-state index contributed by atoms with van der Waals surface area (Å²) in [5.74, 6) is 0.0206. The first kappa shape index (κ1) is 18.2. The third-order valence-corrected chi connectivity index (χ3v) is 4.15. The Morgan fingerprint density at radius 1 is 1.12 bits per heavy atom. The molecule has 0 spiro atoms. The van der Waals surface area contributed by atoms with Gasteiger partial charge in [0.2, 0.25) is 5.43 Å². The number of halogens is 1. The monoisotopic (exact) mass is 370 g/mol. The van der Waals surface area contributed by atoms with E-state index >= 15 is 0 Å². The number of hydrogen-bond donors (Lipinski definition) is 0. The Morgan fingerprint density at radius 3 is 2.54 bits per heavy atom. The van der Waals surface area contributed by atoms with Crippen molar-refractivity contribution in [3.63, 3.8) is 0 Å². The predicted molar refractivity (Wildman–Crippen MR) is 103 cm³/mol. The summed E-state index contributed by atoms with van der Waals surface area (Å²) in [5.41, 5.74) is 1.01. The van der Waals surface area contributed by atoms with Crippen LogP contribution in [0.15, 0.2) is 57.9 Å². The van der Waals surface area contributed by atoms with Gasteiger partial charge >= 0.3 is 5.97 Å². The molecule has 4 nitrogen and oxygen atoms in total. The van der Waals surface area contributed by atoms with Crippen molar-refractivity contribution in [2.24, 2.45) is 5.41 Å². The molecule has 0 aliphatic heterocycles. The van der Waals surface area contributed by atoms with E-state index in [1.54, 1.807) is 36.4 Å². The molecule has 1 aromatic heterocycles. The van der Waals surface area contributed by atoms with Gasteiger partial charge in [0.15, 0.2) is 0 Å². The smallest absolute Gasteiger partial charge is 0.311 e. The van der Waals surface area contributed by atoms with Crippen LogP contribution >= 0.6 is 11.6 Å². The lowest BCUT2D eigenvalue weighted by atomic mass is 9.92. The minimum absolute atomic E-state index is 0.162. The predicted octanol–water partition coefficient (Wildman–Crippen LogP) is 5.46. The van der Waals surface area contributed by atoms with Gasteiger partial charge in [0.05, 0.1) is 17.4 Å². The van der Waals surface area contributed by atoms with Crippen LogP contribution in [0.25, 0.3) is 22.1 Å². The Hall–Kier alpha value is -2.59. The molecule has 0 fully saturated rings. The van der Waals surface area contributed by atoms with Gasteiger partial charge in [-0.2, -0.15) is 0 Å². The van der Waals surface area contributed by atoms with Gasteiger partial charge in [0, 0.05) is 16.7 Å². The summed E-state index contributed by atoms with van der Waals surface area (Å²) in [6.45, 7) is 5.89. The molecule has 2 aromatic carbocycles. The Labute approximate surface area is 156 Å². The van der Waals surface area contributed by atoms with E-state index in [0.717, 1.165) is 0 Å². The fourth-order valence-corrected chi connectivity index (χ4v) is 2.88. The average Bonchev–Trinajstić information content (AvgIpc) is 2.54. The maximum absolute atomic E-state index is 12.8. The number of esters is 1. The van der Waals surface area contributed by atoms with E-state index in [4.69, 9.17) is 20.8 Å². The summed E-state index contributed by atoms with van der Waals surface area (Å²) < 4.78 is 11.0. The first-order chi connectivity index (χ1) is 12.2. The van der Waals surface area contributed by atoms with Crippen LogP contribution in [0.5, 0.6) is 5.75 Å². The summed E-state index contributed by atoms with van der Waals surface area (Å²) in [6, 6.07) is 11.8. The molecule has 0 amide bonds. The van der Waals surface area contributed by atoms with Crippen LogP contribution in [0.2, 0.25) is 5.02 Å². The summed E-state index contributed by atoms with van der Waals surface area (Å²) in [6.07, 6.45) is 1.67. The minimum Gasteiger partial charge on any atom is -0.463 e. The van der Waals surface area contributed by atoms with Gasteiger partial charge in [-0.3, -0.25) is 9.59 Å². The van der Waals surface area contributed by atoms with Crippen molar-refractivity contribution in [3.8, 4) is 16.9 Å². The molecule has 0 saturated heterocycles. The van der Waals surface area contributed by atoms with Crippen LogP contribution in [-0.4, -0.2) is 5.97 Å². The van der Waals surface area contributed by atoms with E-state index in [0.29, 0.717) is 39.3 Å². The maximum Gasteiger partial charge on any atom is 0.311 e. The summed E-state index contributed by atoms with van der Waals surface area (Å²) in [5, 5.41) is 0.880. The first-order valence-electron chi connectivity index (χ1n) is 8.26. The lowest BCUT2D eigenvalue weighted by molar-refractivity contribution is -0.136. The highest BCUT2D eigenvalue weighted by atomic mass is 35.5. The molecule has 0 atom stereocenters. The standard InChI is InChI=1S/C21H19ClO4/c1-21(2,3)11-19(23)26-13-8-9-15-18(10-13)25-12-16(20(15)24)14-6-4-5-7-17(14)22/h4-10,12H,11H2,1-3H3. The summed E-state index contributed by atoms with van der Waals surface area (Å²) in [7, 11) is 0. The van der Waals surface area contributed by atoms with Gasteiger partial charge in [-0.15, -0.1) is 0 Å². The molecule has 3 rings (SSSR count). The molecule has 0 radical (unpaired) electrons. The fourth-order valence-electron chi connectivity index (χ4n) is 2.64. The van der Waals surface area contributed by atoms with Crippen molar-refractivity contribution in [2.75, 3.05) is 0 Å². The molecule has 0 saturated carbocycles. The molecule has 0 aliphatic rings. The number of rotatable bonds is 3. The third kappa shape index (κ3) is 3.97. The zero-order valence-electron chi connectivity index (χ0n) is 14.8. The highest BCUT2D eigenvalue weighted by Gasteiger charge is 2.18. The summed E-state index contributed by atoms with van der Waals surface area (Å²) >= 11 is 6.18. The van der Waals surface area contributed by atoms with Crippen LogP contribution in [0.4, 0.5) is 0 Å². The zero-order valence-corrected chi connectivity index (χ0v) is 15.6. The van der Waals surface area contributed by atoms with Crippen LogP contribution in [0.1, 0.15) is 27.2 Å². The molecule has 134 valence electrons. The second kappa shape index (κ2) is 6.96. The Balaban J connectivity index is 1.96. The summed E-state index contributed by atoms with van der Waals surface area (Å²) in [4.78, 5) is 24.8. The Kier molecular flexibility index (Phi) is 4.88. The van der Waals surface area contributed by atoms with Gasteiger partial charge in [-0.05, 0) is 23.6 Å². The van der Waals surface area contributed by atoms with Gasteiger partial charge in [0.25, 0.3) is 0 Å². The van der Waals surface area contributed by atoms with Gasteiger partial charge < -0.3 is 9.15 Å². The lowest BCUT2D eigenvalue weighted by Crippen LogP contribution is -2.17. The lowest BCUT2D eigenvalue weighted by Gasteiger charge is -2.16. The molecular weight excluding hydrogens is 352 g/mol. The maximum atomic E-state index is 12.8. The number of fused-ring (bicyclic) bond motifs is 1. The van der Waals surface area contributed by atoms with Crippen LogP contribution in [-0.2, 0) is 4.79 Å². The van der Waals surface area contributed by atoms with Crippen molar-refractivity contribution in [1.82, 2.24) is 0 Å². The van der Waals surface area contributed by atoms with E-state index in [1.165, 1.54) is 6.26 Å². The molecule has 0 N–H and O–H groups in total. The minimum atomic E-state index is -0.327. The van der Waals surface area contributed by atoms with Gasteiger partial charge in [0.1, 0.15) is 17.6 Å². The normalized spacial score (nSPS) is 11.5. The molecule has 0 unspecified atom stereocenters. The second-order valence-corrected chi connectivity index (χ2v) is 7.74. The largest absolute Gasteiger partial charge is 0.463 e. The average molecular weight is 371 g/mol. The molecule has 0 aliphatic carbocycles. The van der Waals surface area contributed by atoms with Crippen molar-refractivity contribution in [1.29, 1.82) is 0 Å². The highest BCUT2D eigenvalue weighted by Crippen LogP contribution is 2.28. The van der Waals surface area contributed by atoms with Crippen LogP contribution in [0, 0.1) is 5.41 Å². The molecule has 1 heterocycles. The van der Waals surface area contributed by atoms with E-state index in [2.05, 4.69) is 0 Å². The van der Waals surface area contributed by atoms with Crippen LogP contribution < -0.4 is 10.2 Å². The molecule has 5 heteroatoms. The van der Waals surface area contributed by atoms with Crippen molar-refractivity contribution >= 4 is 28.5 Å². The van der Waals surface area contributed by atoms with E-state index in [9.17, 15) is 9.59 Å². The van der Waals surface area contributed by atoms with Gasteiger partial charge in [-0.1, -0.05) is 50.6 Å². The third-order valence-electron chi connectivity index (χ3n) is 3.82.